The maximum absolute atomic E-state index is 12.8. The van der Waals surface area contributed by atoms with E-state index >= 15 is 0 Å². The van der Waals surface area contributed by atoms with Crippen LogP contribution in [0.3, 0.4) is 0 Å². The number of hydrogen-bond acceptors (Lipinski definition) is 6. The predicted octanol–water partition coefficient (Wildman–Crippen LogP) is 1.74. The molecule has 2 aromatic heterocycles. The monoisotopic (exact) mass is 370 g/mol. The zero-order valence-corrected chi connectivity index (χ0v) is 15.1. The second-order valence-corrected chi connectivity index (χ2v) is 7.09. The van der Waals surface area contributed by atoms with Gasteiger partial charge in [-0.05, 0) is 43.4 Å². The molecule has 1 atom stereocenters. The van der Waals surface area contributed by atoms with Gasteiger partial charge in [-0.15, -0.1) is 5.10 Å². The van der Waals surface area contributed by atoms with Crippen molar-refractivity contribution in [2.24, 2.45) is 0 Å². The number of para-hydroxylation sites is 1. The SMILES string of the molecule is Cc1nnsc1C(=O)N1CCC[C@H](c2n[nH]c(=O)n2-c2ccccc2)C1. The zero-order valence-electron chi connectivity index (χ0n) is 14.3. The van der Waals surface area contributed by atoms with Crippen molar-refractivity contribution in [2.75, 3.05) is 13.1 Å². The van der Waals surface area contributed by atoms with Crippen molar-refractivity contribution >= 4 is 17.4 Å². The second kappa shape index (κ2) is 6.83. The van der Waals surface area contributed by atoms with Gasteiger partial charge in [0.25, 0.3) is 5.91 Å². The first kappa shape index (κ1) is 16.6. The van der Waals surface area contributed by atoms with E-state index in [0.717, 1.165) is 30.1 Å². The van der Waals surface area contributed by atoms with Gasteiger partial charge in [0, 0.05) is 19.0 Å². The number of H-pyrrole nitrogens is 1. The third kappa shape index (κ3) is 2.94. The van der Waals surface area contributed by atoms with Crippen LogP contribution in [0.5, 0.6) is 0 Å². The van der Waals surface area contributed by atoms with Crippen LogP contribution in [0.2, 0.25) is 0 Å². The maximum Gasteiger partial charge on any atom is 0.347 e. The number of aromatic amines is 1. The summed E-state index contributed by atoms with van der Waals surface area (Å²) in [5, 5.41) is 10.7. The number of hydrogen-bond donors (Lipinski definition) is 1. The molecule has 1 amide bonds. The highest BCUT2D eigenvalue weighted by atomic mass is 32.1. The highest BCUT2D eigenvalue weighted by molar-refractivity contribution is 7.07. The molecule has 1 aromatic carbocycles. The van der Waals surface area contributed by atoms with Gasteiger partial charge in [0.15, 0.2) is 0 Å². The first-order valence-electron chi connectivity index (χ1n) is 8.46. The molecule has 9 heteroatoms. The van der Waals surface area contributed by atoms with E-state index in [9.17, 15) is 9.59 Å². The Morgan fingerprint density at radius 1 is 1.31 bits per heavy atom. The maximum atomic E-state index is 12.8. The van der Waals surface area contributed by atoms with Crippen molar-refractivity contribution in [3.05, 3.63) is 57.2 Å². The lowest BCUT2D eigenvalue weighted by Gasteiger charge is -2.32. The van der Waals surface area contributed by atoms with E-state index in [0.29, 0.717) is 29.5 Å². The minimum absolute atomic E-state index is 0.00644. The molecule has 0 unspecified atom stereocenters. The molecule has 1 saturated heterocycles. The minimum Gasteiger partial charge on any atom is -0.337 e. The molecule has 1 fully saturated rings. The molecule has 0 aliphatic carbocycles. The molecule has 0 bridgehead atoms. The molecule has 26 heavy (non-hydrogen) atoms. The summed E-state index contributed by atoms with van der Waals surface area (Å²) in [5.41, 5.74) is 1.16. The van der Waals surface area contributed by atoms with Crippen LogP contribution in [0.1, 0.15) is 39.9 Å². The number of nitrogens with one attached hydrogen (secondary N) is 1. The van der Waals surface area contributed by atoms with E-state index in [4.69, 9.17) is 0 Å². The van der Waals surface area contributed by atoms with Crippen molar-refractivity contribution < 1.29 is 4.79 Å². The molecule has 4 rings (SSSR count). The molecule has 1 N–H and O–H groups in total. The molecule has 3 aromatic rings. The Hall–Kier alpha value is -2.81. The second-order valence-electron chi connectivity index (χ2n) is 6.34. The van der Waals surface area contributed by atoms with E-state index in [1.54, 1.807) is 11.5 Å². The molecule has 1 aliphatic heterocycles. The fraction of sp³-hybridized carbons (Fsp3) is 0.353. The first-order valence-corrected chi connectivity index (χ1v) is 9.23. The number of carbonyl (C=O) groups excluding carboxylic acids is 1. The summed E-state index contributed by atoms with van der Waals surface area (Å²) in [7, 11) is 0. The van der Waals surface area contributed by atoms with Crippen molar-refractivity contribution in [3.63, 3.8) is 0 Å². The lowest BCUT2D eigenvalue weighted by Crippen LogP contribution is -2.40. The van der Waals surface area contributed by atoms with Crippen LogP contribution in [0, 0.1) is 6.92 Å². The van der Waals surface area contributed by atoms with Crippen molar-refractivity contribution in [1.82, 2.24) is 29.3 Å². The number of amides is 1. The van der Waals surface area contributed by atoms with Crippen molar-refractivity contribution in [2.45, 2.75) is 25.7 Å². The first-order chi connectivity index (χ1) is 12.6. The third-order valence-corrected chi connectivity index (χ3v) is 5.45. The molecule has 3 heterocycles. The summed E-state index contributed by atoms with van der Waals surface area (Å²) in [5.74, 6) is 0.609. The van der Waals surface area contributed by atoms with Crippen LogP contribution in [-0.2, 0) is 0 Å². The van der Waals surface area contributed by atoms with Gasteiger partial charge >= 0.3 is 5.69 Å². The standard InChI is InChI=1S/C17H18N6O2S/c1-11-14(26-21-18-11)16(24)22-9-5-6-12(10-22)15-19-20-17(25)23(15)13-7-3-2-4-8-13/h2-4,7-8,12H,5-6,9-10H2,1H3,(H,20,25)/t12-/m0/s1. The van der Waals surface area contributed by atoms with E-state index in [2.05, 4.69) is 19.8 Å². The Bertz CT molecular complexity index is 977. The zero-order chi connectivity index (χ0) is 18.1. The molecule has 1 aliphatic rings. The third-order valence-electron chi connectivity index (χ3n) is 4.63. The number of carbonyl (C=O) groups is 1. The predicted molar refractivity (Wildman–Crippen MR) is 96.7 cm³/mol. The van der Waals surface area contributed by atoms with Crippen LogP contribution >= 0.6 is 11.5 Å². The summed E-state index contributed by atoms with van der Waals surface area (Å²) in [6.07, 6.45) is 1.73. The van der Waals surface area contributed by atoms with Gasteiger partial charge < -0.3 is 4.90 Å². The number of nitrogens with zero attached hydrogens (tertiary/aromatic N) is 5. The molecule has 0 saturated carbocycles. The fourth-order valence-corrected chi connectivity index (χ4v) is 3.98. The topological polar surface area (TPSA) is 96.8 Å². The Labute approximate surface area is 153 Å². The lowest BCUT2D eigenvalue weighted by atomic mass is 9.96. The lowest BCUT2D eigenvalue weighted by molar-refractivity contribution is 0.0708. The van der Waals surface area contributed by atoms with Gasteiger partial charge in [-0.3, -0.25) is 4.79 Å². The number of piperidine rings is 1. The smallest absolute Gasteiger partial charge is 0.337 e. The molecular weight excluding hydrogens is 352 g/mol. The normalized spacial score (nSPS) is 17.4. The molecule has 0 spiro atoms. The highest BCUT2D eigenvalue weighted by Gasteiger charge is 2.30. The molecule has 8 nitrogen and oxygen atoms in total. The number of likely N-dealkylation sites (tertiary alicyclic amines) is 1. The van der Waals surface area contributed by atoms with Gasteiger partial charge in [0.05, 0.1) is 11.4 Å². The Morgan fingerprint density at radius 3 is 2.85 bits per heavy atom. The summed E-state index contributed by atoms with van der Waals surface area (Å²) < 4.78 is 5.45. The average Bonchev–Trinajstić information content (AvgIpc) is 3.27. The number of benzene rings is 1. The molecular formula is C17H18N6O2S. The van der Waals surface area contributed by atoms with Gasteiger partial charge in [0.1, 0.15) is 10.7 Å². The van der Waals surface area contributed by atoms with Crippen LogP contribution in [0.25, 0.3) is 5.69 Å². The fourth-order valence-electron chi connectivity index (χ4n) is 3.35. The van der Waals surface area contributed by atoms with E-state index in [-0.39, 0.29) is 17.5 Å². The van der Waals surface area contributed by atoms with Gasteiger partial charge in [-0.2, -0.15) is 5.10 Å². The quantitative estimate of drug-likeness (QED) is 0.757. The van der Waals surface area contributed by atoms with Crippen LogP contribution in [0.4, 0.5) is 0 Å². The number of aromatic nitrogens is 5. The van der Waals surface area contributed by atoms with Crippen molar-refractivity contribution in [1.29, 1.82) is 0 Å². The Morgan fingerprint density at radius 2 is 2.12 bits per heavy atom. The molecule has 134 valence electrons. The number of rotatable bonds is 3. The summed E-state index contributed by atoms with van der Waals surface area (Å²) in [6, 6.07) is 9.42. The van der Waals surface area contributed by atoms with E-state index in [1.807, 2.05) is 35.2 Å². The number of aryl methyl sites for hydroxylation is 1. The van der Waals surface area contributed by atoms with Gasteiger partial charge in [-0.25, -0.2) is 14.5 Å². The molecule has 0 radical (unpaired) electrons. The van der Waals surface area contributed by atoms with Crippen LogP contribution < -0.4 is 5.69 Å². The van der Waals surface area contributed by atoms with Crippen molar-refractivity contribution in [3.8, 4) is 5.69 Å². The summed E-state index contributed by atoms with van der Waals surface area (Å²) in [6.45, 7) is 3.00. The summed E-state index contributed by atoms with van der Waals surface area (Å²) >= 11 is 1.12. The largest absolute Gasteiger partial charge is 0.347 e. The van der Waals surface area contributed by atoms with Crippen LogP contribution in [-0.4, -0.2) is 48.2 Å². The summed E-state index contributed by atoms with van der Waals surface area (Å²) in [4.78, 5) is 27.4. The Kier molecular flexibility index (Phi) is 4.37. The average molecular weight is 370 g/mol. The van der Waals surface area contributed by atoms with E-state index in [1.165, 1.54) is 0 Å². The van der Waals surface area contributed by atoms with Gasteiger partial charge in [-0.1, -0.05) is 22.7 Å². The van der Waals surface area contributed by atoms with Crippen LogP contribution in [0.15, 0.2) is 35.1 Å². The minimum atomic E-state index is -0.267. The van der Waals surface area contributed by atoms with E-state index < -0.39 is 0 Å². The Balaban J connectivity index is 1.63. The van der Waals surface area contributed by atoms with Gasteiger partial charge in [0.2, 0.25) is 0 Å². The highest BCUT2D eigenvalue weighted by Crippen LogP contribution is 2.28.